The summed E-state index contributed by atoms with van der Waals surface area (Å²) in [4.78, 5) is 5.16. The molecule has 1 rings (SSSR count). The van der Waals surface area contributed by atoms with E-state index in [9.17, 15) is 8.42 Å². The summed E-state index contributed by atoms with van der Waals surface area (Å²) in [5.74, 6) is 0.302. The fraction of sp³-hybridized carbons (Fsp3) is 0.455. The molecular weight excluding hydrogens is 254 g/mol. The summed E-state index contributed by atoms with van der Waals surface area (Å²) < 4.78 is 23.1. The number of primary sulfonamides is 1. The monoisotopic (exact) mass is 273 g/mol. The van der Waals surface area contributed by atoms with E-state index in [1.54, 1.807) is 12.1 Å². The maximum atomic E-state index is 11.6. The molecule has 0 radical (unpaired) electrons. The molecule has 6 nitrogen and oxygen atoms in total. The van der Waals surface area contributed by atoms with Crippen molar-refractivity contribution in [2.24, 2.45) is 11.1 Å². The van der Waals surface area contributed by atoms with E-state index in [4.69, 9.17) is 15.7 Å². The van der Waals surface area contributed by atoms with Crippen LogP contribution in [0.3, 0.4) is 0 Å². The van der Waals surface area contributed by atoms with E-state index in [-0.39, 0.29) is 4.90 Å². The molecule has 7 heteroatoms. The molecule has 0 bridgehead atoms. The third-order valence-corrected chi connectivity index (χ3v) is 3.25. The summed E-state index contributed by atoms with van der Waals surface area (Å²) in [5, 5.41) is 6.67. The van der Waals surface area contributed by atoms with Crippen LogP contribution in [-0.4, -0.2) is 22.1 Å². The highest BCUT2D eigenvalue weighted by atomic mass is 32.2. The SMILES string of the molecule is CON(CC(C)C)c1ccc(N)cc1S(N)(=O)=O. The summed E-state index contributed by atoms with van der Waals surface area (Å²) in [6, 6.07) is 4.52. The minimum Gasteiger partial charge on any atom is -0.399 e. The van der Waals surface area contributed by atoms with Crippen molar-refractivity contribution in [3.63, 3.8) is 0 Å². The van der Waals surface area contributed by atoms with Crippen LogP contribution in [0.2, 0.25) is 0 Å². The van der Waals surface area contributed by atoms with Crippen molar-refractivity contribution in [2.45, 2.75) is 18.7 Å². The maximum Gasteiger partial charge on any atom is 0.240 e. The largest absolute Gasteiger partial charge is 0.399 e. The van der Waals surface area contributed by atoms with Crippen molar-refractivity contribution in [3.05, 3.63) is 18.2 Å². The van der Waals surface area contributed by atoms with Crippen molar-refractivity contribution in [3.8, 4) is 0 Å². The second-order valence-electron chi connectivity index (χ2n) is 4.41. The summed E-state index contributed by atoms with van der Waals surface area (Å²) in [6.45, 7) is 4.54. The van der Waals surface area contributed by atoms with E-state index >= 15 is 0 Å². The average Bonchev–Trinajstić information content (AvgIpc) is 2.24. The summed E-state index contributed by atoms with van der Waals surface area (Å²) in [5.41, 5.74) is 6.32. The van der Waals surface area contributed by atoms with E-state index in [2.05, 4.69) is 0 Å². The normalized spacial score (nSPS) is 11.8. The van der Waals surface area contributed by atoms with E-state index in [1.165, 1.54) is 18.2 Å². The standard InChI is InChI=1S/C11H19N3O3S/c1-8(2)7-14(17-3)10-5-4-9(12)6-11(10)18(13,15)16/h4-6,8H,7,12H2,1-3H3,(H2,13,15,16). The molecule has 102 valence electrons. The number of anilines is 2. The fourth-order valence-corrected chi connectivity index (χ4v) is 2.33. The lowest BCUT2D eigenvalue weighted by Crippen LogP contribution is -2.29. The van der Waals surface area contributed by atoms with Crippen LogP contribution in [0.5, 0.6) is 0 Å². The lowest BCUT2D eigenvalue weighted by atomic mass is 10.2. The Morgan fingerprint density at radius 2 is 2.00 bits per heavy atom. The molecule has 0 heterocycles. The fourth-order valence-electron chi connectivity index (χ4n) is 1.57. The number of hydrogen-bond donors (Lipinski definition) is 2. The molecule has 1 aromatic rings. The summed E-state index contributed by atoms with van der Waals surface area (Å²) in [6.07, 6.45) is 0. The van der Waals surface area contributed by atoms with Crippen LogP contribution in [0.4, 0.5) is 11.4 Å². The number of nitrogens with two attached hydrogens (primary N) is 2. The third kappa shape index (κ3) is 3.59. The van der Waals surface area contributed by atoms with E-state index in [0.717, 1.165) is 0 Å². The van der Waals surface area contributed by atoms with Gasteiger partial charge < -0.3 is 5.73 Å². The van der Waals surface area contributed by atoms with Gasteiger partial charge in [-0.2, -0.15) is 0 Å². The first-order chi connectivity index (χ1) is 8.25. The van der Waals surface area contributed by atoms with Crippen molar-refractivity contribution in [1.82, 2.24) is 0 Å². The van der Waals surface area contributed by atoms with Gasteiger partial charge in [0.05, 0.1) is 12.8 Å². The van der Waals surface area contributed by atoms with Crippen LogP contribution in [-0.2, 0) is 14.9 Å². The molecule has 0 aliphatic rings. The molecule has 0 amide bonds. The zero-order valence-electron chi connectivity index (χ0n) is 10.8. The van der Waals surface area contributed by atoms with Crippen LogP contribution in [0, 0.1) is 5.92 Å². The molecule has 4 N–H and O–H groups in total. The Hall–Kier alpha value is -1.31. The molecule has 0 aromatic heterocycles. The molecular formula is C11H19N3O3S. The van der Waals surface area contributed by atoms with E-state index in [0.29, 0.717) is 23.8 Å². The summed E-state index contributed by atoms with van der Waals surface area (Å²) in [7, 11) is -2.37. The predicted molar refractivity (Wildman–Crippen MR) is 71.4 cm³/mol. The Morgan fingerprint density at radius 1 is 1.39 bits per heavy atom. The van der Waals surface area contributed by atoms with E-state index in [1.807, 2.05) is 13.8 Å². The molecule has 0 aliphatic carbocycles. The van der Waals surface area contributed by atoms with Crippen LogP contribution in [0.1, 0.15) is 13.8 Å². The van der Waals surface area contributed by atoms with Gasteiger partial charge in [0.15, 0.2) is 0 Å². The minimum atomic E-state index is -3.85. The highest BCUT2D eigenvalue weighted by Crippen LogP contribution is 2.27. The molecule has 0 atom stereocenters. The van der Waals surface area contributed by atoms with Crippen molar-refractivity contribution >= 4 is 21.4 Å². The quantitative estimate of drug-likeness (QED) is 0.614. The number of hydrogen-bond acceptors (Lipinski definition) is 5. The number of sulfonamides is 1. The maximum absolute atomic E-state index is 11.6. The second kappa shape index (κ2) is 5.55. The minimum absolute atomic E-state index is 0.0370. The molecule has 18 heavy (non-hydrogen) atoms. The smallest absolute Gasteiger partial charge is 0.240 e. The Bertz CT molecular complexity index is 514. The summed E-state index contributed by atoms with van der Waals surface area (Å²) >= 11 is 0. The molecule has 1 aromatic carbocycles. The zero-order chi connectivity index (χ0) is 13.9. The van der Waals surface area contributed by atoms with Crippen LogP contribution in [0.15, 0.2) is 23.1 Å². The van der Waals surface area contributed by atoms with Gasteiger partial charge >= 0.3 is 0 Å². The van der Waals surface area contributed by atoms with E-state index < -0.39 is 10.0 Å². The predicted octanol–water partition coefficient (Wildman–Crippen LogP) is 0.940. The highest BCUT2D eigenvalue weighted by molar-refractivity contribution is 7.89. The zero-order valence-corrected chi connectivity index (χ0v) is 11.6. The average molecular weight is 273 g/mol. The first kappa shape index (κ1) is 14.7. The Balaban J connectivity index is 3.30. The third-order valence-electron chi connectivity index (χ3n) is 2.31. The molecule has 0 saturated carbocycles. The molecule has 0 fully saturated rings. The van der Waals surface area contributed by atoms with Crippen molar-refractivity contribution < 1.29 is 13.3 Å². The number of hydroxylamine groups is 1. The Kier molecular flexibility index (Phi) is 4.55. The lowest BCUT2D eigenvalue weighted by Gasteiger charge is -2.25. The molecule has 0 saturated heterocycles. The first-order valence-electron chi connectivity index (χ1n) is 5.49. The van der Waals surface area contributed by atoms with Gasteiger partial charge in [-0.25, -0.2) is 13.6 Å². The van der Waals surface area contributed by atoms with Crippen LogP contribution < -0.4 is 15.9 Å². The van der Waals surface area contributed by atoms with Gasteiger partial charge in [-0.15, -0.1) is 0 Å². The van der Waals surface area contributed by atoms with Gasteiger partial charge in [0, 0.05) is 12.2 Å². The highest BCUT2D eigenvalue weighted by Gasteiger charge is 2.20. The van der Waals surface area contributed by atoms with Gasteiger partial charge in [-0.05, 0) is 24.1 Å². The number of benzene rings is 1. The molecule has 0 aliphatic heterocycles. The number of nitrogen functional groups attached to an aromatic ring is 1. The van der Waals surface area contributed by atoms with Gasteiger partial charge in [0.2, 0.25) is 10.0 Å². The molecule has 0 spiro atoms. The second-order valence-corrected chi connectivity index (χ2v) is 5.94. The Morgan fingerprint density at radius 3 is 2.44 bits per heavy atom. The van der Waals surface area contributed by atoms with Crippen molar-refractivity contribution in [2.75, 3.05) is 24.5 Å². The van der Waals surface area contributed by atoms with Gasteiger partial charge in [-0.1, -0.05) is 13.8 Å². The van der Waals surface area contributed by atoms with Gasteiger partial charge in [0.1, 0.15) is 4.90 Å². The van der Waals surface area contributed by atoms with Crippen LogP contribution in [0.25, 0.3) is 0 Å². The topological polar surface area (TPSA) is 98.7 Å². The first-order valence-corrected chi connectivity index (χ1v) is 7.04. The lowest BCUT2D eigenvalue weighted by molar-refractivity contribution is 0.157. The van der Waals surface area contributed by atoms with Gasteiger partial charge in [0.25, 0.3) is 0 Å². The number of rotatable bonds is 5. The number of nitrogens with zero attached hydrogens (tertiary/aromatic N) is 1. The molecule has 0 unspecified atom stereocenters. The Labute approximate surface area is 108 Å². The van der Waals surface area contributed by atoms with Crippen LogP contribution >= 0.6 is 0 Å². The van der Waals surface area contributed by atoms with Crippen molar-refractivity contribution in [1.29, 1.82) is 0 Å². The van der Waals surface area contributed by atoms with Gasteiger partial charge in [-0.3, -0.25) is 9.90 Å².